The van der Waals surface area contributed by atoms with E-state index in [1.807, 2.05) is 0 Å². The lowest BCUT2D eigenvalue weighted by atomic mass is 10.1. The summed E-state index contributed by atoms with van der Waals surface area (Å²) in [4.78, 5) is 11.2. The van der Waals surface area contributed by atoms with Crippen LogP contribution in [0.5, 0.6) is 0 Å². The third-order valence-electron chi connectivity index (χ3n) is 1.89. The predicted molar refractivity (Wildman–Crippen MR) is 58.4 cm³/mol. The highest BCUT2D eigenvalue weighted by Gasteiger charge is 2.49. The molecule has 8 heteroatoms. The van der Waals surface area contributed by atoms with Gasteiger partial charge in [-0.05, 0) is 17.7 Å². The van der Waals surface area contributed by atoms with Crippen LogP contribution in [-0.4, -0.2) is 24.4 Å². The predicted octanol–water partition coefficient (Wildman–Crippen LogP) is 1.92. The van der Waals surface area contributed by atoms with Crippen LogP contribution in [0, 0.1) is 0 Å². The van der Waals surface area contributed by atoms with E-state index in [1.54, 1.807) is 0 Å². The van der Waals surface area contributed by atoms with E-state index in [9.17, 15) is 22.0 Å². The van der Waals surface area contributed by atoms with Gasteiger partial charge >= 0.3 is 21.5 Å². The number of carbonyl (C=O) groups is 1. The summed E-state index contributed by atoms with van der Waals surface area (Å²) in [5, 5.41) is 0. The molecule has 0 aliphatic carbocycles. The maximum Gasteiger partial charge on any atom is 0.536 e. The third-order valence-corrected chi connectivity index (χ3v) is 2.58. The first-order chi connectivity index (χ1) is 8.17. The molecule has 0 aromatic heterocycles. The van der Waals surface area contributed by atoms with Crippen LogP contribution >= 0.6 is 0 Å². The fraction of sp³-hybridized carbons (Fsp3) is 0.100. The Kier molecular flexibility index (Phi) is 3.82. The Morgan fingerprint density at radius 3 is 2.22 bits per heavy atom. The summed E-state index contributed by atoms with van der Waals surface area (Å²) in [6.45, 7) is 3.45. The number of ether oxygens (including phenoxy) is 1. The zero-order chi connectivity index (χ0) is 14.0. The lowest BCUT2D eigenvalue weighted by molar-refractivity contribution is -0.135. The smallest absolute Gasteiger partial charge is 0.383 e. The minimum atomic E-state index is -5.81. The van der Waals surface area contributed by atoms with Crippen LogP contribution in [0.4, 0.5) is 8.78 Å². The molecular weight excluding hydrogens is 270 g/mol. The lowest BCUT2D eigenvalue weighted by Crippen LogP contribution is -2.34. The molecule has 5 nitrogen and oxygen atoms in total. The number of hydrogen-bond donors (Lipinski definition) is 1. The number of esters is 1. The molecule has 0 saturated heterocycles. The molecule has 18 heavy (non-hydrogen) atoms. The van der Waals surface area contributed by atoms with Gasteiger partial charge in [-0.15, -0.1) is 8.78 Å². The molecule has 98 valence electrons. The van der Waals surface area contributed by atoms with Gasteiger partial charge in [-0.2, -0.15) is 8.42 Å². The van der Waals surface area contributed by atoms with Crippen molar-refractivity contribution >= 4 is 22.2 Å². The molecule has 0 radical (unpaired) electrons. The molecule has 0 fully saturated rings. The second-order valence-electron chi connectivity index (χ2n) is 3.15. The van der Waals surface area contributed by atoms with Gasteiger partial charge in [0.05, 0.1) is 5.56 Å². The van der Waals surface area contributed by atoms with Crippen LogP contribution in [0.3, 0.4) is 0 Å². The number of benzene rings is 1. The van der Waals surface area contributed by atoms with Gasteiger partial charge in [0.1, 0.15) is 0 Å². The van der Waals surface area contributed by atoms with E-state index < -0.39 is 21.5 Å². The highest BCUT2D eigenvalue weighted by molar-refractivity contribution is 7.86. The van der Waals surface area contributed by atoms with Crippen molar-refractivity contribution in [3.63, 3.8) is 0 Å². The minimum absolute atomic E-state index is 0.288. The number of halogens is 2. The van der Waals surface area contributed by atoms with Gasteiger partial charge < -0.3 is 4.74 Å². The molecular formula is C10H8F2O5S. The number of rotatable bonds is 4. The number of alkyl halides is 2. The van der Waals surface area contributed by atoms with Crippen LogP contribution in [0.25, 0.3) is 6.08 Å². The maximum absolute atomic E-state index is 12.7. The van der Waals surface area contributed by atoms with Crippen molar-refractivity contribution in [2.24, 2.45) is 0 Å². The van der Waals surface area contributed by atoms with Gasteiger partial charge in [-0.25, -0.2) is 4.79 Å². The Hall–Kier alpha value is -1.80. The zero-order valence-corrected chi connectivity index (χ0v) is 9.65. The molecule has 0 aliphatic heterocycles. The Labute approximate surface area is 101 Å². The highest BCUT2D eigenvalue weighted by atomic mass is 32.2. The molecule has 0 bridgehead atoms. The molecule has 0 spiro atoms. The second kappa shape index (κ2) is 4.83. The molecule has 1 aromatic rings. The second-order valence-corrected chi connectivity index (χ2v) is 4.58. The first-order valence-corrected chi connectivity index (χ1v) is 5.92. The molecule has 0 amide bonds. The summed E-state index contributed by atoms with van der Waals surface area (Å²) in [5.41, 5.74) is -4.64. The highest BCUT2D eigenvalue weighted by Crippen LogP contribution is 2.23. The summed E-state index contributed by atoms with van der Waals surface area (Å²) in [5.74, 6) is -1.58. The van der Waals surface area contributed by atoms with E-state index >= 15 is 0 Å². The molecule has 0 atom stereocenters. The Bertz CT molecular complexity index is 562. The SMILES string of the molecule is C=Cc1ccc(C(=O)OC(F)(F)S(=O)(=O)O)cc1. The Morgan fingerprint density at radius 1 is 1.33 bits per heavy atom. The largest absolute Gasteiger partial charge is 0.536 e. The Morgan fingerprint density at radius 2 is 1.83 bits per heavy atom. The van der Waals surface area contributed by atoms with Crippen molar-refractivity contribution in [2.75, 3.05) is 0 Å². The number of hydrogen-bond acceptors (Lipinski definition) is 4. The number of carbonyl (C=O) groups excluding carboxylic acids is 1. The van der Waals surface area contributed by atoms with Gasteiger partial charge in [-0.3, -0.25) is 4.55 Å². The van der Waals surface area contributed by atoms with Crippen molar-refractivity contribution < 1.29 is 31.3 Å². The normalized spacial score (nSPS) is 11.9. The minimum Gasteiger partial charge on any atom is -0.383 e. The molecule has 0 aliphatic rings. The summed E-state index contributed by atoms with van der Waals surface area (Å²) >= 11 is 0. The molecule has 0 saturated carbocycles. The standard InChI is InChI=1S/C10H8F2O5S/c1-2-7-3-5-8(6-4-7)9(13)17-10(11,12)18(14,15)16/h2-6H,1H2,(H,14,15,16). The first-order valence-electron chi connectivity index (χ1n) is 4.48. The maximum atomic E-state index is 12.7. The monoisotopic (exact) mass is 278 g/mol. The topological polar surface area (TPSA) is 80.7 Å². The van der Waals surface area contributed by atoms with Gasteiger partial charge in [0.2, 0.25) is 0 Å². The quantitative estimate of drug-likeness (QED) is 0.672. The van der Waals surface area contributed by atoms with E-state index in [2.05, 4.69) is 11.3 Å². The molecule has 1 aromatic carbocycles. The van der Waals surface area contributed by atoms with Crippen LogP contribution in [0.15, 0.2) is 30.8 Å². The fourth-order valence-electron chi connectivity index (χ4n) is 0.975. The summed E-state index contributed by atoms with van der Waals surface area (Å²) < 4.78 is 57.5. The van der Waals surface area contributed by atoms with Gasteiger partial charge in [0.25, 0.3) is 0 Å². The van der Waals surface area contributed by atoms with Gasteiger partial charge in [0, 0.05) is 0 Å². The van der Waals surface area contributed by atoms with Crippen LogP contribution in [0.1, 0.15) is 15.9 Å². The first kappa shape index (κ1) is 14.3. The average molecular weight is 278 g/mol. The molecule has 1 N–H and O–H groups in total. The van der Waals surface area contributed by atoms with E-state index in [1.165, 1.54) is 18.2 Å². The molecule has 0 heterocycles. The fourth-order valence-corrected chi connectivity index (χ4v) is 1.16. The van der Waals surface area contributed by atoms with Crippen molar-refractivity contribution in [2.45, 2.75) is 5.44 Å². The summed E-state index contributed by atoms with van der Waals surface area (Å²) in [6, 6.07) is 5.10. The zero-order valence-electron chi connectivity index (χ0n) is 8.84. The average Bonchev–Trinajstić information content (AvgIpc) is 2.27. The van der Waals surface area contributed by atoms with Crippen LogP contribution in [0.2, 0.25) is 0 Å². The van der Waals surface area contributed by atoms with Crippen molar-refractivity contribution in [3.8, 4) is 0 Å². The van der Waals surface area contributed by atoms with E-state index in [0.717, 1.165) is 12.1 Å². The van der Waals surface area contributed by atoms with Gasteiger partial charge in [0.15, 0.2) is 0 Å². The molecule has 1 rings (SSSR count). The van der Waals surface area contributed by atoms with Crippen molar-refractivity contribution in [3.05, 3.63) is 42.0 Å². The van der Waals surface area contributed by atoms with E-state index in [4.69, 9.17) is 4.55 Å². The van der Waals surface area contributed by atoms with Crippen LogP contribution < -0.4 is 0 Å². The molecule has 0 unspecified atom stereocenters. The van der Waals surface area contributed by atoms with Crippen molar-refractivity contribution in [1.82, 2.24) is 0 Å². The third kappa shape index (κ3) is 3.11. The summed E-state index contributed by atoms with van der Waals surface area (Å²) in [6.07, 6.45) is 1.46. The summed E-state index contributed by atoms with van der Waals surface area (Å²) in [7, 11) is -5.81. The van der Waals surface area contributed by atoms with Crippen molar-refractivity contribution in [1.29, 1.82) is 0 Å². The van der Waals surface area contributed by atoms with Crippen LogP contribution in [-0.2, 0) is 14.9 Å². The van der Waals surface area contributed by atoms with E-state index in [0.29, 0.717) is 5.56 Å². The lowest BCUT2D eigenvalue weighted by Gasteiger charge is -2.12. The van der Waals surface area contributed by atoms with Gasteiger partial charge in [-0.1, -0.05) is 24.8 Å². The Balaban J connectivity index is 2.92. The van der Waals surface area contributed by atoms with E-state index in [-0.39, 0.29) is 5.56 Å².